The summed E-state index contributed by atoms with van der Waals surface area (Å²) in [4.78, 5) is 19.6. The average molecular weight is 388 g/mol. The van der Waals surface area contributed by atoms with E-state index in [2.05, 4.69) is 9.98 Å². The first-order valence-corrected chi connectivity index (χ1v) is 9.16. The van der Waals surface area contributed by atoms with Crippen LogP contribution < -0.4 is 9.47 Å². The number of ether oxygens (including phenoxy) is 2. The molecule has 6 heteroatoms. The number of hydrogen-bond donors (Lipinski definition) is 1. The second kappa shape index (κ2) is 8.48. The molecule has 2 aromatic carbocycles. The molecule has 0 spiro atoms. The van der Waals surface area contributed by atoms with Crippen LogP contribution in [0.5, 0.6) is 11.5 Å². The highest BCUT2D eigenvalue weighted by atomic mass is 16.5. The molecule has 0 aliphatic heterocycles. The minimum Gasteiger partial charge on any atom is -0.497 e. The Morgan fingerprint density at radius 2 is 2.10 bits per heavy atom. The number of benzene rings is 2. The van der Waals surface area contributed by atoms with Crippen molar-refractivity contribution < 1.29 is 18.7 Å². The summed E-state index contributed by atoms with van der Waals surface area (Å²) >= 11 is 0. The molecule has 0 amide bonds. The van der Waals surface area contributed by atoms with Crippen molar-refractivity contribution in [1.29, 1.82) is 0 Å². The van der Waals surface area contributed by atoms with Crippen molar-refractivity contribution in [2.75, 3.05) is 20.3 Å². The quantitative estimate of drug-likeness (QED) is 0.451. The molecule has 29 heavy (non-hydrogen) atoms. The van der Waals surface area contributed by atoms with Crippen LogP contribution in [0.25, 0.3) is 22.2 Å². The number of aromatic nitrogens is 1. The number of Topliss-reactive ketones (excluding diaryl/α,β-unsaturated/α-hetero) is 1. The van der Waals surface area contributed by atoms with Crippen molar-refractivity contribution in [3.63, 3.8) is 0 Å². The summed E-state index contributed by atoms with van der Waals surface area (Å²) in [5, 5.41) is 1.14. The molecule has 4 rings (SSSR count). The molecule has 0 bridgehead atoms. The Bertz CT molecular complexity index is 1140. The van der Waals surface area contributed by atoms with Crippen LogP contribution in [0, 0.1) is 0 Å². The predicted molar refractivity (Wildman–Crippen MR) is 112 cm³/mol. The van der Waals surface area contributed by atoms with Gasteiger partial charge in [-0.1, -0.05) is 12.1 Å². The zero-order valence-corrected chi connectivity index (χ0v) is 15.9. The summed E-state index contributed by atoms with van der Waals surface area (Å²) in [5.41, 5.74) is 2.70. The minimum atomic E-state index is -0.122. The summed E-state index contributed by atoms with van der Waals surface area (Å²) in [6.45, 7) is -0.0257. The molecule has 0 saturated carbocycles. The van der Waals surface area contributed by atoms with Gasteiger partial charge in [0.2, 0.25) is 0 Å². The van der Waals surface area contributed by atoms with Gasteiger partial charge in [-0.2, -0.15) is 0 Å². The third-order valence-electron chi connectivity index (χ3n) is 4.45. The number of methoxy groups -OCH3 is 1. The lowest BCUT2D eigenvalue weighted by molar-refractivity contribution is -0.119. The second-order valence-corrected chi connectivity index (χ2v) is 6.46. The number of fused-ring (bicyclic) bond motifs is 1. The van der Waals surface area contributed by atoms with Gasteiger partial charge in [-0.15, -0.1) is 0 Å². The first kappa shape index (κ1) is 18.6. The first-order chi connectivity index (χ1) is 14.2. The monoisotopic (exact) mass is 388 g/mol. The number of hydrogen-bond acceptors (Lipinski definition) is 5. The van der Waals surface area contributed by atoms with E-state index in [9.17, 15) is 4.79 Å². The highest BCUT2D eigenvalue weighted by molar-refractivity contribution is 5.90. The van der Waals surface area contributed by atoms with Crippen LogP contribution in [0.2, 0.25) is 0 Å². The Morgan fingerprint density at radius 3 is 2.93 bits per heavy atom. The number of furan rings is 1. The zero-order chi connectivity index (χ0) is 20.1. The van der Waals surface area contributed by atoms with Gasteiger partial charge in [0, 0.05) is 17.9 Å². The van der Waals surface area contributed by atoms with Gasteiger partial charge in [0.05, 0.1) is 18.9 Å². The topological polar surface area (TPSA) is 76.8 Å². The molecule has 0 aliphatic rings. The molecule has 0 saturated heterocycles. The number of ketones is 1. The van der Waals surface area contributed by atoms with Gasteiger partial charge in [-0.3, -0.25) is 9.79 Å². The molecule has 6 nitrogen and oxygen atoms in total. The Labute approximate surface area is 167 Å². The summed E-state index contributed by atoms with van der Waals surface area (Å²) in [5.74, 6) is 1.75. The van der Waals surface area contributed by atoms with Crippen molar-refractivity contribution in [2.45, 2.75) is 0 Å². The number of H-pyrrole nitrogens is 1. The lowest BCUT2D eigenvalue weighted by Gasteiger charge is -2.11. The maximum atomic E-state index is 12.2. The Hall–Kier alpha value is -3.80. The van der Waals surface area contributed by atoms with Gasteiger partial charge >= 0.3 is 0 Å². The number of carbonyl (C=O) groups is 1. The van der Waals surface area contributed by atoms with Gasteiger partial charge in [0.25, 0.3) is 0 Å². The maximum Gasteiger partial charge on any atom is 0.191 e. The van der Waals surface area contributed by atoms with Crippen molar-refractivity contribution in [1.82, 2.24) is 4.98 Å². The van der Waals surface area contributed by atoms with E-state index in [-0.39, 0.29) is 18.9 Å². The predicted octanol–water partition coefficient (Wildman–Crippen LogP) is 4.50. The van der Waals surface area contributed by atoms with Crippen molar-refractivity contribution >= 4 is 22.9 Å². The van der Waals surface area contributed by atoms with E-state index < -0.39 is 0 Å². The first-order valence-electron chi connectivity index (χ1n) is 9.16. The molecular formula is C23H20N2O4. The summed E-state index contributed by atoms with van der Waals surface area (Å²) in [6, 6.07) is 17.0. The maximum absolute atomic E-state index is 12.2. The van der Waals surface area contributed by atoms with Crippen LogP contribution in [-0.2, 0) is 4.79 Å². The molecule has 2 heterocycles. The standard InChI is InChI=1S/C23H20N2O4/c1-27-19-6-7-23(20(12-19)22-3-2-10-28-22)29-15-18(26)14-24-13-16-4-5-17-8-9-25-21(17)11-16/h2-13,25H,14-15H2,1H3. The van der Waals surface area contributed by atoms with E-state index in [0.717, 1.165) is 22.0 Å². The number of aliphatic imine (C=N–C) groups is 1. The van der Waals surface area contributed by atoms with E-state index in [4.69, 9.17) is 13.9 Å². The van der Waals surface area contributed by atoms with Crippen molar-refractivity contribution in [3.05, 3.63) is 72.6 Å². The fraction of sp³-hybridized carbons (Fsp3) is 0.130. The van der Waals surface area contributed by atoms with E-state index >= 15 is 0 Å². The fourth-order valence-corrected chi connectivity index (χ4v) is 2.99. The molecular weight excluding hydrogens is 368 g/mol. The van der Waals surface area contributed by atoms with Crippen LogP contribution in [0.4, 0.5) is 0 Å². The van der Waals surface area contributed by atoms with Gasteiger partial charge in [0.1, 0.15) is 30.4 Å². The zero-order valence-electron chi connectivity index (χ0n) is 15.9. The smallest absolute Gasteiger partial charge is 0.191 e. The summed E-state index contributed by atoms with van der Waals surface area (Å²) < 4.78 is 16.5. The van der Waals surface area contributed by atoms with E-state index in [1.165, 1.54) is 0 Å². The van der Waals surface area contributed by atoms with E-state index in [1.54, 1.807) is 37.8 Å². The molecule has 146 valence electrons. The Morgan fingerprint density at radius 1 is 1.17 bits per heavy atom. The van der Waals surface area contributed by atoms with E-state index in [0.29, 0.717) is 17.3 Å². The fourth-order valence-electron chi connectivity index (χ4n) is 2.99. The van der Waals surface area contributed by atoms with Crippen molar-refractivity contribution in [3.8, 4) is 22.8 Å². The van der Waals surface area contributed by atoms with Crippen LogP contribution >= 0.6 is 0 Å². The number of nitrogens with zero attached hydrogens (tertiary/aromatic N) is 1. The SMILES string of the molecule is COc1ccc(OCC(=O)CN=Cc2ccc3cc[nH]c3c2)c(-c2ccco2)c1. The lowest BCUT2D eigenvalue weighted by atomic mass is 10.1. The molecule has 0 aliphatic carbocycles. The molecule has 1 N–H and O–H groups in total. The van der Waals surface area contributed by atoms with Gasteiger partial charge in [-0.25, -0.2) is 0 Å². The van der Waals surface area contributed by atoms with Gasteiger partial charge < -0.3 is 18.9 Å². The third kappa shape index (κ3) is 4.38. The van der Waals surface area contributed by atoms with Crippen LogP contribution in [0.1, 0.15) is 5.56 Å². The molecule has 0 atom stereocenters. The number of aromatic amines is 1. The molecule has 2 aromatic heterocycles. The molecule has 0 fully saturated rings. The molecule has 0 unspecified atom stereocenters. The average Bonchev–Trinajstić information content (AvgIpc) is 3.43. The Kier molecular flexibility index (Phi) is 5.42. The minimum absolute atomic E-state index is 0.0506. The molecule has 4 aromatic rings. The molecule has 0 radical (unpaired) electrons. The number of carbonyl (C=O) groups excluding carboxylic acids is 1. The third-order valence-corrected chi connectivity index (χ3v) is 4.45. The second-order valence-electron chi connectivity index (χ2n) is 6.46. The highest BCUT2D eigenvalue weighted by Gasteiger charge is 2.12. The number of rotatable bonds is 8. The van der Waals surface area contributed by atoms with Crippen LogP contribution in [0.15, 0.2) is 76.5 Å². The number of nitrogens with one attached hydrogen (secondary N) is 1. The van der Waals surface area contributed by atoms with Crippen LogP contribution in [0.3, 0.4) is 0 Å². The van der Waals surface area contributed by atoms with E-state index in [1.807, 2.05) is 42.6 Å². The van der Waals surface area contributed by atoms with Gasteiger partial charge in [0.15, 0.2) is 5.78 Å². The van der Waals surface area contributed by atoms with Gasteiger partial charge in [-0.05, 0) is 53.4 Å². The van der Waals surface area contributed by atoms with Crippen LogP contribution in [-0.4, -0.2) is 37.2 Å². The normalized spacial score (nSPS) is 11.2. The Balaban J connectivity index is 1.38. The summed E-state index contributed by atoms with van der Waals surface area (Å²) in [6.07, 6.45) is 5.17. The largest absolute Gasteiger partial charge is 0.497 e. The van der Waals surface area contributed by atoms with Crippen molar-refractivity contribution in [2.24, 2.45) is 4.99 Å². The summed E-state index contributed by atoms with van der Waals surface area (Å²) in [7, 11) is 1.59. The lowest BCUT2D eigenvalue weighted by Crippen LogP contribution is -2.14. The highest BCUT2D eigenvalue weighted by Crippen LogP contribution is 2.33.